The largest absolute Gasteiger partial charge is 0.355 e. The molecule has 8 heteroatoms. The number of pyridine rings is 1. The summed E-state index contributed by atoms with van der Waals surface area (Å²) >= 11 is 1.57. The monoisotopic (exact) mass is 383 g/mol. The summed E-state index contributed by atoms with van der Waals surface area (Å²) in [5.74, 6) is 2.00. The van der Waals surface area contributed by atoms with Crippen LogP contribution in [0.1, 0.15) is 31.6 Å². The Kier molecular flexibility index (Phi) is 5.43. The number of amides is 1. The molecule has 0 aliphatic carbocycles. The topological polar surface area (TPSA) is 84.1 Å². The Balaban J connectivity index is 1.29. The highest BCUT2D eigenvalue weighted by Gasteiger charge is 2.18. The first-order valence-electron chi connectivity index (χ1n) is 9.16. The Morgan fingerprint density at radius 3 is 2.96 bits per heavy atom. The van der Waals surface area contributed by atoms with E-state index in [1.165, 1.54) is 12.8 Å². The number of nitrogens with one attached hydrogen (secondary N) is 1. The van der Waals surface area contributed by atoms with Gasteiger partial charge in [0, 0.05) is 32.1 Å². The second-order valence-corrected chi connectivity index (χ2v) is 7.41. The lowest BCUT2D eigenvalue weighted by Gasteiger charge is -2.19. The van der Waals surface area contributed by atoms with Gasteiger partial charge in [0.2, 0.25) is 17.6 Å². The van der Waals surface area contributed by atoms with E-state index in [1.807, 2.05) is 29.6 Å². The van der Waals surface area contributed by atoms with Crippen molar-refractivity contribution in [1.29, 1.82) is 0 Å². The van der Waals surface area contributed by atoms with Gasteiger partial charge in [-0.3, -0.25) is 4.79 Å². The van der Waals surface area contributed by atoms with Crippen LogP contribution in [0.5, 0.6) is 0 Å². The number of hydrogen-bond acceptors (Lipinski definition) is 7. The van der Waals surface area contributed by atoms with E-state index in [0.717, 1.165) is 29.5 Å². The Morgan fingerprint density at radius 2 is 2.15 bits per heavy atom. The molecule has 0 aromatic carbocycles. The number of rotatable bonds is 7. The fourth-order valence-corrected chi connectivity index (χ4v) is 3.80. The molecule has 27 heavy (non-hydrogen) atoms. The molecule has 4 heterocycles. The van der Waals surface area contributed by atoms with E-state index in [1.54, 1.807) is 17.5 Å². The van der Waals surface area contributed by atoms with Crippen LogP contribution in [0.3, 0.4) is 0 Å². The lowest BCUT2D eigenvalue weighted by molar-refractivity contribution is -0.116. The smallest absolute Gasteiger partial charge is 0.226 e. The van der Waals surface area contributed by atoms with Gasteiger partial charge < -0.3 is 14.7 Å². The molecule has 0 unspecified atom stereocenters. The number of carbonyl (C=O) groups is 1. The molecule has 1 aliphatic rings. The van der Waals surface area contributed by atoms with Crippen LogP contribution in [0.15, 0.2) is 40.4 Å². The van der Waals surface area contributed by atoms with Crippen LogP contribution in [0.25, 0.3) is 10.7 Å². The molecule has 1 N–H and O–H groups in total. The van der Waals surface area contributed by atoms with Gasteiger partial charge >= 0.3 is 0 Å². The quantitative estimate of drug-likeness (QED) is 0.669. The number of thiophene rings is 1. The summed E-state index contributed by atoms with van der Waals surface area (Å²) in [5, 5.41) is 8.96. The van der Waals surface area contributed by atoms with Crippen molar-refractivity contribution in [3.05, 3.63) is 41.7 Å². The minimum absolute atomic E-state index is 0.0264. The van der Waals surface area contributed by atoms with Gasteiger partial charge in [0.05, 0.1) is 10.6 Å². The van der Waals surface area contributed by atoms with Crippen LogP contribution < -0.4 is 10.2 Å². The molecular weight excluding hydrogens is 362 g/mol. The second kappa shape index (κ2) is 8.30. The zero-order chi connectivity index (χ0) is 18.5. The Labute approximate surface area is 161 Å². The van der Waals surface area contributed by atoms with E-state index in [9.17, 15) is 4.79 Å². The number of nitrogens with zero attached hydrogens (tertiary/aromatic N) is 4. The van der Waals surface area contributed by atoms with Crippen LogP contribution >= 0.6 is 11.3 Å². The zero-order valence-electron chi connectivity index (χ0n) is 14.9. The lowest BCUT2D eigenvalue weighted by atomic mass is 10.2. The van der Waals surface area contributed by atoms with E-state index < -0.39 is 0 Å². The molecule has 4 rings (SSSR count). The number of aryl methyl sites for hydroxylation is 1. The summed E-state index contributed by atoms with van der Waals surface area (Å²) in [6, 6.07) is 7.66. The minimum Gasteiger partial charge on any atom is -0.355 e. The molecule has 140 valence electrons. The predicted molar refractivity (Wildman–Crippen MR) is 105 cm³/mol. The summed E-state index contributed by atoms with van der Waals surface area (Å²) in [6.07, 6.45) is 5.73. The molecule has 3 aromatic heterocycles. The number of carbonyl (C=O) groups excluding carboxylic acids is 1. The van der Waals surface area contributed by atoms with E-state index in [-0.39, 0.29) is 5.91 Å². The SMILES string of the molecule is O=C(CCCc1nc(-c2cccs2)no1)Nc1cccnc1N1CCCC1. The molecule has 1 fully saturated rings. The van der Waals surface area contributed by atoms with Gasteiger partial charge in [-0.05, 0) is 42.8 Å². The molecule has 0 bridgehead atoms. The first-order chi connectivity index (χ1) is 13.3. The minimum atomic E-state index is -0.0264. The molecule has 0 saturated carbocycles. The van der Waals surface area contributed by atoms with Crippen molar-refractivity contribution >= 4 is 28.7 Å². The third-order valence-electron chi connectivity index (χ3n) is 4.47. The summed E-state index contributed by atoms with van der Waals surface area (Å²) in [4.78, 5) is 24.4. The average Bonchev–Trinajstić information content (AvgIpc) is 3.44. The van der Waals surface area contributed by atoms with E-state index in [4.69, 9.17) is 4.52 Å². The van der Waals surface area contributed by atoms with Gasteiger partial charge in [0.1, 0.15) is 0 Å². The maximum absolute atomic E-state index is 12.3. The molecule has 0 radical (unpaired) electrons. The van der Waals surface area contributed by atoms with Gasteiger partial charge in [-0.15, -0.1) is 11.3 Å². The summed E-state index contributed by atoms with van der Waals surface area (Å²) in [7, 11) is 0. The third kappa shape index (κ3) is 4.33. The van der Waals surface area contributed by atoms with Gasteiger partial charge in [-0.2, -0.15) is 4.98 Å². The fourth-order valence-electron chi connectivity index (χ4n) is 3.15. The van der Waals surface area contributed by atoms with Gasteiger partial charge in [0.25, 0.3) is 0 Å². The number of aromatic nitrogens is 3. The fraction of sp³-hybridized carbons (Fsp3) is 0.368. The van der Waals surface area contributed by atoms with Gasteiger partial charge in [-0.1, -0.05) is 11.2 Å². The molecule has 1 aliphatic heterocycles. The first kappa shape index (κ1) is 17.7. The lowest BCUT2D eigenvalue weighted by Crippen LogP contribution is -2.22. The maximum Gasteiger partial charge on any atom is 0.226 e. The van der Waals surface area contributed by atoms with Crippen LogP contribution in [0, 0.1) is 0 Å². The highest BCUT2D eigenvalue weighted by molar-refractivity contribution is 7.13. The van der Waals surface area contributed by atoms with Crippen molar-refractivity contribution in [2.45, 2.75) is 32.1 Å². The second-order valence-electron chi connectivity index (χ2n) is 6.46. The molecular formula is C19H21N5O2S. The van der Waals surface area contributed by atoms with E-state index in [0.29, 0.717) is 31.0 Å². The van der Waals surface area contributed by atoms with Crippen molar-refractivity contribution in [1.82, 2.24) is 15.1 Å². The normalized spacial score (nSPS) is 13.9. The average molecular weight is 383 g/mol. The van der Waals surface area contributed by atoms with Crippen LogP contribution in [-0.4, -0.2) is 34.1 Å². The van der Waals surface area contributed by atoms with E-state index >= 15 is 0 Å². The van der Waals surface area contributed by atoms with E-state index in [2.05, 4.69) is 25.3 Å². The predicted octanol–water partition coefficient (Wildman–Crippen LogP) is 3.75. The van der Waals surface area contributed by atoms with Crippen molar-refractivity contribution in [3.8, 4) is 10.7 Å². The molecule has 1 saturated heterocycles. The summed E-state index contributed by atoms with van der Waals surface area (Å²) in [6.45, 7) is 1.98. The Morgan fingerprint density at radius 1 is 1.26 bits per heavy atom. The molecule has 0 atom stereocenters. The van der Waals surface area contributed by atoms with Crippen LogP contribution in [-0.2, 0) is 11.2 Å². The molecule has 1 amide bonds. The van der Waals surface area contributed by atoms with Crippen molar-refractivity contribution in [2.75, 3.05) is 23.3 Å². The maximum atomic E-state index is 12.3. The standard InChI is InChI=1S/C19H21N5O2S/c25-16(21-14-6-4-10-20-19(14)24-11-1-2-12-24)8-3-9-17-22-18(23-26-17)15-7-5-13-27-15/h4-7,10,13H,1-3,8-9,11-12H2,(H,21,25). The molecule has 7 nitrogen and oxygen atoms in total. The van der Waals surface area contributed by atoms with Crippen molar-refractivity contribution in [2.24, 2.45) is 0 Å². The van der Waals surface area contributed by atoms with Crippen molar-refractivity contribution in [3.63, 3.8) is 0 Å². The highest BCUT2D eigenvalue weighted by Crippen LogP contribution is 2.26. The molecule has 0 spiro atoms. The Hall–Kier alpha value is -2.74. The Bertz CT molecular complexity index is 887. The number of anilines is 2. The number of hydrogen-bond donors (Lipinski definition) is 1. The molecule has 3 aromatic rings. The zero-order valence-corrected chi connectivity index (χ0v) is 15.7. The van der Waals surface area contributed by atoms with Crippen LogP contribution in [0.2, 0.25) is 0 Å². The third-order valence-corrected chi connectivity index (χ3v) is 5.34. The summed E-state index contributed by atoms with van der Waals surface area (Å²) in [5.41, 5.74) is 0.780. The van der Waals surface area contributed by atoms with Crippen LogP contribution in [0.4, 0.5) is 11.5 Å². The van der Waals surface area contributed by atoms with Crippen molar-refractivity contribution < 1.29 is 9.32 Å². The summed E-state index contributed by atoms with van der Waals surface area (Å²) < 4.78 is 5.27. The van der Waals surface area contributed by atoms with Gasteiger partial charge in [0.15, 0.2) is 5.82 Å². The highest BCUT2D eigenvalue weighted by atomic mass is 32.1. The van der Waals surface area contributed by atoms with Gasteiger partial charge in [-0.25, -0.2) is 4.98 Å². The first-order valence-corrected chi connectivity index (χ1v) is 10.0.